The lowest BCUT2D eigenvalue weighted by molar-refractivity contribution is 0.0993. The highest BCUT2D eigenvalue weighted by atomic mass is 32.1. The molecular formula is C16H12O2S. The lowest BCUT2D eigenvalue weighted by atomic mass is 10.0. The molecule has 0 saturated carbocycles. The van der Waals surface area contributed by atoms with Crippen molar-refractivity contribution in [1.82, 2.24) is 0 Å². The van der Waals surface area contributed by atoms with E-state index in [4.69, 9.17) is 0 Å². The summed E-state index contributed by atoms with van der Waals surface area (Å²) in [6, 6.07) is 17.2. The first kappa shape index (κ1) is 11.9. The predicted octanol–water partition coefficient (Wildman–Crippen LogP) is 4.03. The summed E-state index contributed by atoms with van der Waals surface area (Å²) in [7, 11) is 0. The maximum absolute atomic E-state index is 12.4. The van der Waals surface area contributed by atoms with E-state index in [9.17, 15) is 9.90 Å². The second-order valence-electron chi connectivity index (χ2n) is 4.36. The van der Waals surface area contributed by atoms with E-state index in [1.165, 1.54) is 11.3 Å². The molecule has 19 heavy (non-hydrogen) atoms. The van der Waals surface area contributed by atoms with Crippen molar-refractivity contribution in [2.75, 3.05) is 0 Å². The van der Waals surface area contributed by atoms with Gasteiger partial charge in [0, 0.05) is 16.5 Å². The fourth-order valence-electron chi connectivity index (χ4n) is 2.17. The summed E-state index contributed by atoms with van der Waals surface area (Å²) >= 11 is 1.25. The van der Waals surface area contributed by atoms with Gasteiger partial charge in [-0.05, 0) is 11.6 Å². The largest absolute Gasteiger partial charge is 0.499 e. The molecule has 0 aliphatic heterocycles. The molecule has 94 valence electrons. The molecule has 0 unspecified atom stereocenters. The summed E-state index contributed by atoms with van der Waals surface area (Å²) in [4.78, 5) is 12.4. The summed E-state index contributed by atoms with van der Waals surface area (Å²) in [6.45, 7) is 0. The number of hydrogen-bond acceptors (Lipinski definition) is 3. The lowest BCUT2D eigenvalue weighted by Crippen LogP contribution is -2.02. The third-order valence-electron chi connectivity index (χ3n) is 3.06. The van der Waals surface area contributed by atoms with Gasteiger partial charge >= 0.3 is 0 Å². The molecule has 2 nitrogen and oxygen atoms in total. The van der Waals surface area contributed by atoms with Crippen LogP contribution in [-0.4, -0.2) is 10.9 Å². The van der Waals surface area contributed by atoms with Gasteiger partial charge < -0.3 is 5.11 Å². The zero-order chi connectivity index (χ0) is 13.2. The quantitative estimate of drug-likeness (QED) is 0.728. The highest BCUT2D eigenvalue weighted by molar-refractivity contribution is 7.21. The number of thiophene rings is 1. The first-order chi connectivity index (χ1) is 9.25. The molecule has 3 heteroatoms. The Bertz CT molecular complexity index is 729. The van der Waals surface area contributed by atoms with Crippen molar-refractivity contribution in [2.24, 2.45) is 0 Å². The lowest BCUT2D eigenvalue weighted by Gasteiger charge is -2.01. The average Bonchev–Trinajstić information content (AvgIpc) is 2.75. The smallest absolute Gasteiger partial charge is 0.183 e. The Labute approximate surface area is 114 Å². The molecule has 0 aliphatic rings. The van der Waals surface area contributed by atoms with Gasteiger partial charge in [0.05, 0.1) is 5.56 Å². The van der Waals surface area contributed by atoms with Crippen LogP contribution >= 0.6 is 11.3 Å². The number of carbonyl (C=O) groups is 1. The van der Waals surface area contributed by atoms with Crippen LogP contribution in [0.2, 0.25) is 0 Å². The molecule has 0 atom stereocenters. The SMILES string of the molecule is O=C(Cc1ccccc1)c1c(O)sc2ccccc12. The summed E-state index contributed by atoms with van der Waals surface area (Å²) in [6.07, 6.45) is 0.315. The van der Waals surface area contributed by atoms with E-state index in [-0.39, 0.29) is 10.8 Å². The van der Waals surface area contributed by atoms with Crippen molar-refractivity contribution in [2.45, 2.75) is 6.42 Å². The van der Waals surface area contributed by atoms with Crippen molar-refractivity contribution in [3.05, 3.63) is 65.7 Å². The number of ketones is 1. The Morgan fingerprint density at radius 1 is 1.00 bits per heavy atom. The van der Waals surface area contributed by atoms with E-state index in [0.717, 1.165) is 15.6 Å². The first-order valence-corrected chi connectivity index (χ1v) is 6.85. The Hall–Kier alpha value is -2.13. The molecule has 0 saturated heterocycles. The average molecular weight is 268 g/mol. The Kier molecular flexibility index (Phi) is 3.05. The zero-order valence-corrected chi connectivity index (χ0v) is 11.0. The number of aromatic hydroxyl groups is 1. The molecule has 2 aromatic carbocycles. The van der Waals surface area contributed by atoms with E-state index in [2.05, 4.69) is 0 Å². The monoisotopic (exact) mass is 268 g/mol. The van der Waals surface area contributed by atoms with Crippen LogP contribution in [0.15, 0.2) is 54.6 Å². The third-order valence-corrected chi connectivity index (χ3v) is 4.04. The normalized spacial score (nSPS) is 10.7. The van der Waals surface area contributed by atoms with Gasteiger partial charge in [-0.2, -0.15) is 0 Å². The number of Topliss-reactive ketones (excluding diaryl/α,β-unsaturated/α-hetero) is 1. The van der Waals surface area contributed by atoms with E-state index in [0.29, 0.717) is 12.0 Å². The minimum Gasteiger partial charge on any atom is -0.499 e. The fraction of sp³-hybridized carbons (Fsp3) is 0.0625. The van der Waals surface area contributed by atoms with Gasteiger partial charge in [-0.1, -0.05) is 59.9 Å². The Balaban J connectivity index is 2.00. The maximum Gasteiger partial charge on any atom is 0.183 e. The van der Waals surface area contributed by atoms with Crippen LogP contribution in [0.3, 0.4) is 0 Å². The second-order valence-corrected chi connectivity index (χ2v) is 5.39. The van der Waals surface area contributed by atoms with Crippen LogP contribution in [0, 0.1) is 0 Å². The molecular weight excluding hydrogens is 256 g/mol. The van der Waals surface area contributed by atoms with E-state index in [1.54, 1.807) is 0 Å². The van der Waals surface area contributed by atoms with Gasteiger partial charge in [0.1, 0.15) is 0 Å². The minimum atomic E-state index is -0.0406. The molecule has 3 aromatic rings. The third kappa shape index (κ3) is 2.25. The maximum atomic E-state index is 12.4. The van der Waals surface area contributed by atoms with Gasteiger partial charge in [0.2, 0.25) is 0 Å². The number of hydrogen-bond donors (Lipinski definition) is 1. The molecule has 3 rings (SSSR count). The van der Waals surface area contributed by atoms with Crippen molar-refractivity contribution in [3.8, 4) is 5.06 Å². The van der Waals surface area contributed by atoms with Gasteiger partial charge in [-0.25, -0.2) is 0 Å². The predicted molar refractivity (Wildman–Crippen MR) is 78.0 cm³/mol. The Morgan fingerprint density at radius 3 is 2.47 bits per heavy atom. The van der Waals surface area contributed by atoms with E-state index < -0.39 is 0 Å². The summed E-state index contributed by atoms with van der Waals surface area (Å²) in [5.41, 5.74) is 1.41. The molecule has 0 radical (unpaired) electrons. The molecule has 0 fully saturated rings. The number of fused-ring (bicyclic) bond motifs is 1. The summed E-state index contributed by atoms with van der Waals surface area (Å²) in [5.74, 6) is -0.0406. The van der Waals surface area contributed by atoms with Crippen LogP contribution in [0.25, 0.3) is 10.1 Å². The van der Waals surface area contributed by atoms with Crippen LogP contribution in [0.4, 0.5) is 0 Å². The summed E-state index contributed by atoms with van der Waals surface area (Å²) in [5, 5.41) is 10.9. The van der Waals surface area contributed by atoms with Gasteiger partial charge in [-0.3, -0.25) is 4.79 Å². The summed E-state index contributed by atoms with van der Waals surface area (Å²) < 4.78 is 0.941. The molecule has 1 heterocycles. The standard InChI is InChI=1S/C16H12O2S/c17-13(10-11-6-2-1-3-7-11)15-12-8-4-5-9-14(12)19-16(15)18/h1-9,18H,10H2. The van der Waals surface area contributed by atoms with Crippen LogP contribution in [0.5, 0.6) is 5.06 Å². The van der Waals surface area contributed by atoms with Crippen LogP contribution in [-0.2, 0) is 6.42 Å². The van der Waals surface area contributed by atoms with Crippen LogP contribution in [0.1, 0.15) is 15.9 Å². The van der Waals surface area contributed by atoms with Gasteiger partial charge in [-0.15, -0.1) is 0 Å². The molecule has 0 aliphatic carbocycles. The number of benzene rings is 2. The second kappa shape index (κ2) is 4.86. The highest BCUT2D eigenvalue weighted by Crippen LogP contribution is 2.37. The van der Waals surface area contributed by atoms with E-state index >= 15 is 0 Å². The first-order valence-electron chi connectivity index (χ1n) is 6.03. The zero-order valence-electron chi connectivity index (χ0n) is 10.2. The fourth-order valence-corrected chi connectivity index (χ4v) is 3.13. The number of carbonyl (C=O) groups excluding carboxylic acids is 1. The molecule has 0 spiro atoms. The van der Waals surface area contributed by atoms with Crippen molar-refractivity contribution in [3.63, 3.8) is 0 Å². The highest BCUT2D eigenvalue weighted by Gasteiger charge is 2.18. The number of rotatable bonds is 3. The molecule has 1 aromatic heterocycles. The van der Waals surface area contributed by atoms with Gasteiger partial charge in [0.15, 0.2) is 10.8 Å². The van der Waals surface area contributed by atoms with Crippen molar-refractivity contribution in [1.29, 1.82) is 0 Å². The van der Waals surface area contributed by atoms with Crippen molar-refractivity contribution < 1.29 is 9.90 Å². The minimum absolute atomic E-state index is 0.0406. The van der Waals surface area contributed by atoms with Crippen LogP contribution < -0.4 is 0 Å². The molecule has 0 bridgehead atoms. The van der Waals surface area contributed by atoms with Crippen molar-refractivity contribution >= 4 is 27.2 Å². The van der Waals surface area contributed by atoms with Gasteiger partial charge in [0.25, 0.3) is 0 Å². The molecule has 0 amide bonds. The Morgan fingerprint density at radius 2 is 1.68 bits per heavy atom. The molecule has 1 N–H and O–H groups in total. The van der Waals surface area contributed by atoms with E-state index in [1.807, 2.05) is 54.6 Å². The topological polar surface area (TPSA) is 37.3 Å².